The van der Waals surface area contributed by atoms with Crippen molar-refractivity contribution in [1.29, 1.82) is 0 Å². The summed E-state index contributed by atoms with van der Waals surface area (Å²) in [7, 11) is 0. The number of nitrogens with zero attached hydrogens (tertiary/aromatic N) is 2. The number of hydrogen-bond acceptors (Lipinski definition) is 5. The van der Waals surface area contributed by atoms with Crippen LogP contribution in [0.2, 0.25) is 0 Å². The summed E-state index contributed by atoms with van der Waals surface area (Å²) in [5.41, 5.74) is 4.85. The molecule has 0 radical (unpaired) electrons. The average Bonchev–Trinajstić information content (AvgIpc) is 2.55. The van der Waals surface area contributed by atoms with E-state index in [1.807, 2.05) is 0 Å². The second kappa shape index (κ2) is 7.24. The fourth-order valence-electron chi connectivity index (χ4n) is 2.06. The molecule has 1 atom stereocenters. The predicted octanol–water partition coefficient (Wildman–Crippen LogP) is 2.51. The lowest BCUT2D eigenvalue weighted by Crippen LogP contribution is -2.32. The number of amides is 1. The molecule has 0 saturated heterocycles. The standard InChI is InChI=1S/C16H15F4N3O3/c1-7-13(6-24)23-12(5-22-7)9-4-14(26-8(2)16(18,19)20)10(15(21)25)3-11(9)17/h3-5,8,24H,6H2,1-2H3,(H2,21,25). The molecule has 2 rings (SSSR count). The van der Waals surface area contributed by atoms with Crippen LogP contribution in [0, 0.1) is 12.7 Å². The molecule has 3 N–H and O–H groups in total. The van der Waals surface area contributed by atoms with Crippen molar-refractivity contribution < 1.29 is 32.2 Å². The van der Waals surface area contributed by atoms with E-state index in [-0.39, 0.29) is 17.0 Å². The Kier molecular flexibility index (Phi) is 5.45. The van der Waals surface area contributed by atoms with E-state index in [1.54, 1.807) is 6.92 Å². The number of alkyl halides is 3. The summed E-state index contributed by atoms with van der Waals surface area (Å²) in [6, 6.07) is 1.58. The number of carbonyl (C=O) groups is 1. The first kappa shape index (κ1) is 19.6. The smallest absolute Gasteiger partial charge is 0.425 e. The van der Waals surface area contributed by atoms with Crippen molar-refractivity contribution in [2.75, 3.05) is 0 Å². The molecular formula is C16H15F4N3O3. The van der Waals surface area contributed by atoms with Crippen molar-refractivity contribution in [2.45, 2.75) is 32.7 Å². The van der Waals surface area contributed by atoms with Crippen LogP contribution in [0.25, 0.3) is 11.3 Å². The van der Waals surface area contributed by atoms with Crippen molar-refractivity contribution in [3.63, 3.8) is 0 Å². The molecular weight excluding hydrogens is 358 g/mol. The molecule has 1 aromatic heterocycles. The zero-order valence-corrected chi connectivity index (χ0v) is 13.8. The highest BCUT2D eigenvalue weighted by atomic mass is 19.4. The van der Waals surface area contributed by atoms with Crippen molar-refractivity contribution in [3.05, 3.63) is 41.1 Å². The first-order valence-electron chi connectivity index (χ1n) is 7.35. The van der Waals surface area contributed by atoms with Crippen LogP contribution in [-0.2, 0) is 6.61 Å². The summed E-state index contributed by atoms with van der Waals surface area (Å²) in [4.78, 5) is 19.4. The van der Waals surface area contributed by atoms with Gasteiger partial charge in [-0.25, -0.2) is 9.37 Å². The highest BCUT2D eigenvalue weighted by Crippen LogP contribution is 2.32. The maximum absolute atomic E-state index is 14.4. The summed E-state index contributed by atoms with van der Waals surface area (Å²) >= 11 is 0. The molecule has 6 nitrogen and oxygen atoms in total. The molecule has 0 aliphatic rings. The highest BCUT2D eigenvalue weighted by molar-refractivity contribution is 5.96. The zero-order chi connectivity index (χ0) is 19.6. The fourth-order valence-corrected chi connectivity index (χ4v) is 2.06. The first-order chi connectivity index (χ1) is 12.0. The van der Waals surface area contributed by atoms with Gasteiger partial charge in [0, 0.05) is 5.56 Å². The number of rotatable bonds is 5. The Bertz CT molecular complexity index is 840. The lowest BCUT2D eigenvalue weighted by atomic mass is 10.1. The van der Waals surface area contributed by atoms with Gasteiger partial charge in [0.05, 0.1) is 35.4 Å². The molecule has 2 aromatic rings. The number of primary amides is 1. The number of hydrogen-bond donors (Lipinski definition) is 2. The van der Waals surface area contributed by atoms with Crippen LogP contribution in [0.15, 0.2) is 18.3 Å². The van der Waals surface area contributed by atoms with Crippen molar-refractivity contribution in [2.24, 2.45) is 5.73 Å². The van der Waals surface area contributed by atoms with Gasteiger partial charge < -0.3 is 15.6 Å². The normalized spacial score (nSPS) is 12.7. The Balaban J connectivity index is 2.58. The molecule has 0 fully saturated rings. The SMILES string of the molecule is Cc1ncc(-c2cc(OC(C)C(F)(F)F)c(C(N)=O)cc2F)nc1CO. The van der Waals surface area contributed by atoms with E-state index in [4.69, 9.17) is 10.5 Å². The predicted molar refractivity (Wildman–Crippen MR) is 82.7 cm³/mol. The number of nitrogens with two attached hydrogens (primary N) is 1. The molecule has 0 bridgehead atoms. The minimum Gasteiger partial charge on any atom is -0.480 e. The third kappa shape index (κ3) is 4.07. The van der Waals surface area contributed by atoms with Crippen LogP contribution in [0.3, 0.4) is 0 Å². The molecule has 26 heavy (non-hydrogen) atoms. The number of ether oxygens (including phenoxy) is 1. The number of benzene rings is 1. The van der Waals surface area contributed by atoms with Crippen molar-refractivity contribution in [1.82, 2.24) is 9.97 Å². The van der Waals surface area contributed by atoms with E-state index in [1.165, 1.54) is 6.20 Å². The van der Waals surface area contributed by atoms with Crippen LogP contribution >= 0.6 is 0 Å². The van der Waals surface area contributed by atoms with Gasteiger partial charge in [-0.2, -0.15) is 13.2 Å². The summed E-state index contributed by atoms with van der Waals surface area (Å²) < 4.78 is 57.4. The molecule has 1 aromatic carbocycles. The van der Waals surface area contributed by atoms with Crippen molar-refractivity contribution >= 4 is 5.91 Å². The topological polar surface area (TPSA) is 98.3 Å². The van der Waals surface area contributed by atoms with Crippen LogP contribution in [0.1, 0.15) is 28.7 Å². The second-order valence-corrected chi connectivity index (χ2v) is 5.44. The largest absolute Gasteiger partial charge is 0.480 e. The number of carbonyl (C=O) groups excluding carboxylic acids is 1. The number of aromatic nitrogens is 2. The van der Waals surface area contributed by atoms with E-state index in [0.717, 1.165) is 13.0 Å². The van der Waals surface area contributed by atoms with Crippen LogP contribution in [0.5, 0.6) is 5.75 Å². The van der Waals surface area contributed by atoms with E-state index >= 15 is 0 Å². The monoisotopic (exact) mass is 373 g/mol. The van der Waals surface area contributed by atoms with Gasteiger partial charge in [0.2, 0.25) is 0 Å². The quantitative estimate of drug-likeness (QED) is 0.785. The van der Waals surface area contributed by atoms with Crippen molar-refractivity contribution in [3.8, 4) is 17.0 Å². The minimum absolute atomic E-state index is 0.0438. The van der Waals surface area contributed by atoms with Gasteiger partial charge >= 0.3 is 6.18 Å². The molecule has 0 aliphatic heterocycles. The molecule has 1 heterocycles. The van der Waals surface area contributed by atoms with E-state index in [9.17, 15) is 27.5 Å². The first-order valence-corrected chi connectivity index (χ1v) is 7.35. The Morgan fingerprint density at radius 1 is 1.38 bits per heavy atom. The summed E-state index contributed by atoms with van der Waals surface area (Å²) in [6.07, 6.45) is -5.76. The number of aliphatic hydroxyl groups excluding tert-OH is 1. The van der Waals surface area contributed by atoms with Crippen LogP contribution in [0.4, 0.5) is 17.6 Å². The molecule has 0 spiro atoms. The average molecular weight is 373 g/mol. The fraction of sp³-hybridized carbons (Fsp3) is 0.312. The molecule has 140 valence electrons. The zero-order valence-electron chi connectivity index (χ0n) is 13.8. The molecule has 10 heteroatoms. The summed E-state index contributed by atoms with van der Waals surface area (Å²) in [6.45, 7) is 1.86. The molecule has 0 aliphatic carbocycles. The van der Waals surface area contributed by atoms with Gasteiger partial charge in [0.25, 0.3) is 5.91 Å². The Morgan fingerprint density at radius 3 is 2.58 bits per heavy atom. The van der Waals surface area contributed by atoms with Gasteiger partial charge in [0.1, 0.15) is 11.6 Å². The lowest BCUT2D eigenvalue weighted by Gasteiger charge is -2.20. The Labute approximate surface area is 145 Å². The van der Waals surface area contributed by atoms with Crippen LogP contribution < -0.4 is 10.5 Å². The number of aliphatic hydroxyl groups is 1. The molecule has 1 amide bonds. The van der Waals surface area contributed by atoms with Gasteiger partial charge in [-0.1, -0.05) is 0 Å². The Morgan fingerprint density at radius 2 is 2.04 bits per heavy atom. The van der Waals surface area contributed by atoms with Gasteiger partial charge in [-0.15, -0.1) is 0 Å². The number of aryl methyl sites for hydroxylation is 1. The highest BCUT2D eigenvalue weighted by Gasteiger charge is 2.38. The van der Waals surface area contributed by atoms with E-state index in [2.05, 4.69) is 9.97 Å². The summed E-state index contributed by atoms with van der Waals surface area (Å²) in [5, 5.41) is 9.23. The maximum atomic E-state index is 14.4. The lowest BCUT2D eigenvalue weighted by molar-refractivity contribution is -0.189. The maximum Gasteiger partial charge on any atom is 0.425 e. The second-order valence-electron chi connectivity index (χ2n) is 5.44. The Hall–Kier alpha value is -2.75. The van der Waals surface area contributed by atoms with E-state index in [0.29, 0.717) is 11.8 Å². The molecule has 1 unspecified atom stereocenters. The number of halogens is 4. The van der Waals surface area contributed by atoms with Gasteiger partial charge in [0.15, 0.2) is 6.10 Å². The third-order valence-electron chi connectivity index (χ3n) is 3.58. The third-order valence-corrected chi connectivity index (χ3v) is 3.58. The minimum atomic E-state index is -4.70. The summed E-state index contributed by atoms with van der Waals surface area (Å²) in [5.74, 6) is -2.63. The van der Waals surface area contributed by atoms with E-state index < -0.39 is 41.9 Å². The molecule has 0 saturated carbocycles. The van der Waals surface area contributed by atoms with Crippen LogP contribution in [-0.4, -0.2) is 33.3 Å². The van der Waals surface area contributed by atoms with Gasteiger partial charge in [-0.05, 0) is 26.0 Å². The van der Waals surface area contributed by atoms with Gasteiger partial charge in [-0.3, -0.25) is 9.78 Å².